The molecular weight excluding hydrogens is 380 g/mol. The van der Waals surface area contributed by atoms with Gasteiger partial charge in [0.1, 0.15) is 11.3 Å². The van der Waals surface area contributed by atoms with Crippen molar-refractivity contribution in [2.45, 2.75) is 0 Å². The lowest BCUT2D eigenvalue weighted by molar-refractivity contribution is -0.119. The van der Waals surface area contributed by atoms with Crippen LogP contribution in [0.1, 0.15) is 10.4 Å². The zero-order valence-corrected chi connectivity index (χ0v) is 15.5. The number of benzene rings is 2. The number of rotatable bonds is 5. The van der Waals surface area contributed by atoms with Crippen molar-refractivity contribution in [3.63, 3.8) is 0 Å². The first-order valence-electron chi connectivity index (χ1n) is 8.25. The van der Waals surface area contributed by atoms with Crippen LogP contribution in [0.15, 0.2) is 48.8 Å². The minimum atomic E-state index is -0.643. The van der Waals surface area contributed by atoms with E-state index < -0.39 is 18.5 Å². The van der Waals surface area contributed by atoms with Crippen LogP contribution in [0, 0.1) is 0 Å². The minimum absolute atomic E-state index is 0.255. The molecule has 0 unspecified atom stereocenters. The highest BCUT2D eigenvalue weighted by molar-refractivity contribution is 7.22. The molecule has 0 spiro atoms. The molecule has 2 aromatic heterocycles. The standard InChI is InChI=1S/C19H14N4O4S/c1-26-11-5-6-13-15(9-11)28-19(22-13)23-16(24)10-27-18(25)12-3-2-4-14-17(12)21-8-7-20-14/h2-9H,10H2,1H3,(H,22,23,24). The van der Waals surface area contributed by atoms with E-state index >= 15 is 0 Å². The second kappa shape index (κ2) is 7.57. The lowest BCUT2D eigenvalue weighted by Crippen LogP contribution is -2.21. The summed E-state index contributed by atoms with van der Waals surface area (Å²) in [5.41, 5.74) is 2.00. The number of hydrogen-bond acceptors (Lipinski definition) is 8. The summed E-state index contributed by atoms with van der Waals surface area (Å²) in [5.74, 6) is -0.415. The molecule has 140 valence electrons. The largest absolute Gasteiger partial charge is 0.497 e. The van der Waals surface area contributed by atoms with Crippen molar-refractivity contribution in [1.29, 1.82) is 0 Å². The number of fused-ring (bicyclic) bond motifs is 2. The average Bonchev–Trinajstić information content (AvgIpc) is 3.12. The van der Waals surface area contributed by atoms with Gasteiger partial charge in [-0.1, -0.05) is 17.4 Å². The van der Waals surface area contributed by atoms with Gasteiger partial charge >= 0.3 is 5.97 Å². The second-order valence-electron chi connectivity index (χ2n) is 5.71. The minimum Gasteiger partial charge on any atom is -0.497 e. The average molecular weight is 394 g/mol. The van der Waals surface area contributed by atoms with Crippen LogP contribution in [0.2, 0.25) is 0 Å². The van der Waals surface area contributed by atoms with Crippen molar-refractivity contribution < 1.29 is 19.1 Å². The summed E-state index contributed by atoms with van der Waals surface area (Å²) in [4.78, 5) is 37.1. The molecule has 0 aliphatic rings. The molecule has 0 fully saturated rings. The highest BCUT2D eigenvalue weighted by atomic mass is 32.1. The van der Waals surface area contributed by atoms with Crippen molar-refractivity contribution in [1.82, 2.24) is 15.0 Å². The fourth-order valence-electron chi connectivity index (χ4n) is 2.61. The maximum Gasteiger partial charge on any atom is 0.340 e. The molecule has 8 nitrogen and oxygen atoms in total. The summed E-state index contributed by atoms with van der Waals surface area (Å²) in [6.07, 6.45) is 3.03. The number of hydrogen-bond donors (Lipinski definition) is 1. The van der Waals surface area contributed by atoms with Crippen molar-refractivity contribution in [2.24, 2.45) is 0 Å². The summed E-state index contributed by atoms with van der Waals surface area (Å²) < 4.78 is 11.2. The molecule has 2 heterocycles. The van der Waals surface area contributed by atoms with Gasteiger partial charge in [-0.3, -0.25) is 20.1 Å². The zero-order chi connectivity index (χ0) is 19.5. The summed E-state index contributed by atoms with van der Waals surface area (Å²) in [6, 6.07) is 10.4. The van der Waals surface area contributed by atoms with E-state index in [0.717, 1.165) is 10.2 Å². The zero-order valence-electron chi connectivity index (χ0n) is 14.7. The van der Waals surface area contributed by atoms with Crippen LogP contribution < -0.4 is 10.1 Å². The molecule has 0 aliphatic heterocycles. The SMILES string of the molecule is COc1ccc2nc(NC(=O)COC(=O)c3cccc4nccnc34)sc2c1. The Morgan fingerprint density at radius 2 is 1.96 bits per heavy atom. The summed E-state index contributed by atoms with van der Waals surface area (Å²) in [5, 5.41) is 3.05. The topological polar surface area (TPSA) is 103 Å². The fraction of sp³-hybridized carbons (Fsp3) is 0.105. The van der Waals surface area contributed by atoms with Crippen molar-refractivity contribution in [2.75, 3.05) is 19.0 Å². The number of thiazole rings is 1. The molecule has 2 aromatic carbocycles. The maximum absolute atomic E-state index is 12.3. The van der Waals surface area contributed by atoms with Gasteiger partial charge in [0.05, 0.1) is 28.4 Å². The number of esters is 1. The van der Waals surface area contributed by atoms with Crippen LogP contribution in [-0.2, 0) is 9.53 Å². The molecule has 4 rings (SSSR count). The molecule has 0 bridgehead atoms. The molecule has 0 radical (unpaired) electrons. The van der Waals surface area contributed by atoms with Crippen LogP contribution >= 0.6 is 11.3 Å². The monoisotopic (exact) mass is 394 g/mol. The molecule has 1 N–H and O–H groups in total. The third kappa shape index (κ3) is 3.60. The molecule has 4 aromatic rings. The van der Waals surface area contributed by atoms with Gasteiger partial charge in [0, 0.05) is 12.4 Å². The molecule has 28 heavy (non-hydrogen) atoms. The van der Waals surface area contributed by atoms with E-state index in [4.69, 9.17) is 9.47 Å². The third-order valence-electron chi connectivity index (χ3n) is 3.89. The predicted molar refractivity (Wildman–Crippen MR) is 105 cm³/mol. The lowest BCUT2D eigenvalue weighted by Gasteiger charge is -2.06. The van der Waals surface area contributed by atoms with E-state index in [-0.39, 0.29) is 5.56 Å². The number of nitrogens with one attached hydrogen (secondary N) is 1. The van der Waals surface area contributed by atoms with Gasteiger partial charge in [0.2, 0.25) is 0 Å². The summed E-state index contributed by atoms with van der Waals surface area (Å²) in [7, 11) is 1.58. The smallest absolute Gasteiger partial charge is 0.340 e. The first-order valence-corrected chi connectivity index (χ1v) is 9.07. The molecule has 0 saturated heterocycles. The van der Waals surface area contributed by atoms with Crippen molar-refractivity contribution in [3.05, 3.63) is 54.4 Å². The van der Waals surface area contributed by atoms with Gasteiger partial charge in [-0.25, -0.2) is 9.78 Å². The molecule has 0 atom stereocenters. The Bertz CT molecular complexity index is 1190. The molecule has 0 saturated carbocycles. The number of carbonyl (C=O) groups is 2. The molecule has 9 heteroatoms. The Labute approximate surface area is 163 Å². The Balaban J connectivity index is 1.42. The number of para-hydroxylation sites is 1. The van der Waals surface area contributed by atoms with Crippen molar-refractivity contribution >= 4 is 49.6 Å². The number of nitrogens with zero attached hydrogens (tertiary/aromatic N) is 3. The van der Waals surface area contributed by atoms with Gasteiger partial charge < -0.3 is 9.47 Å². The van der Waals surface area contributed by atoms with Crippen LogP contribution in [0.4, 0.5) is 5.13 Å². The second-order valence-corrected chi connectivity index (χ2v) is 6.74. The van der Waals surface area contributed by atoms with E-state index in [2.05, 4.69) is 20.3 Å². The Morgan fingerprint density at radius 3 is 2.82 bits per heavy atom. The number of amides is 1. The summed E-state index contributed by atoms with van der Waals surface area (Å²) in [6.45, 7) is -0.436. The lowest BCUT2D eigenvalue weighted by atomic mass is 10.2. The highest BCUT2D eigenvalue weighted by Crippen LogP contribution is 2.29. The van der Waals surface area contributed by atoms with Crippen LogP contribution in [0.5, 0.6) is 5.75 Å². The van der Waals surface area contributed by atoms with Gasteiger partial charge in [-0.05, 0) is 30.3 Å². The third-order valence-corrected chi connectivity index (χ3v) is 4.83. The quantitative estimate of drug-likeness (QED) is 0.519. The highest BCUT2D eigenvalue weighted by Gasteiger charge is 2.15. The van der Waals surface area contributed by atoms with E-state index in [1.807, 2.05) is 12.1 Å². The van der Waals surface area contributed by atoms with E-state index in [1.165, 1.54) is 17.5 Å². The normalized spacial score (nSPS) is 10.8. The molecule has 1 amide bonds. The summed E-state index contributed by atoms with van der Waals surface area (Å²) >= 11 is 1.31. The van der Waals surface area contributed by atoms with Gasteiger partial charge in [0.25, 0.3) is 5.91 Å². The fourth-order valence-corrected chi connectivity index (χ4v) is 3.52. The number of aromatic nitrogens is 3. The molecular formula is C19H14N4O4S. The first kappa shape index (κ1) is 17.8. The van der Waals surface area contributed by atoms with Crippen LogP contribution in [0.3, 0.4) is 0 Å². The Hall–Kier alpha value is -3.59. The number of anilines is 1. The van der Waals surface area contributed by atoms with Crippen LogP contribution in [-0.4, -0.2) is 40.5 Å². The number of methoxy groups -OCH3 is 1. The Kier molecular flexibility index (Phi) is 4.81. The van der Waals surface area contributed by atoms with Gasteiger partial charge in [-0.2, -0.15) is 0 Å². The van der Waals surface area contributed by atoms with Gasteiger partial charge in [-0.15, -0.1) is 0 Å². The number of carbonyl (C=O) groups excluding carboxylic acids is 2. The maximum atomic E-state index is 12.3. The molecule has 0 aliphatic carbocycles. The van der Waals surface area contributed by atoms with E-state index in [1.54, 1.807) is 37.6 Å². The number of ether oxygens (including phenoxy) is 2. The van der Waals surface area contributed by atoms with Gasteiger partial charge in [0.15, 0.2) is 11.7 Å². The van der Waals surface area contributed by atoms with E-state index in [9.17, 15) is 9.59 Å². The predicted octanol–water partition coefficient (Wildman–Crippen LogP) is 3.04. The first-order chi connectivity index (χ1) is 13.6. The van der Waals surface area contributed by atoms with E-state index in [0.29, 0.717) is 21.9 Å². The van der Waals surface area contributed by atoms with Crippen molar-refractivity contribution in [3.8, 4) is 5.75 Å². The Morgan fingerprint density at radius 1 is 1.11 bits per heavy atom. The van der Waals surface area contributed by atoms with Crippen LogP contribution in [0.25, 0.3) is 21.3 Å².